The molecule has 0 saturated carbocycles. The van der Waals surface area contributed by atoms with Crippen molar-refractivity contribution in [2.45, 2.75) is 36.9 Å². The van der Waals surface area contributed by atoms with Gasteiger partial charge in [0.25, 0.3) is 0 Å². The number of esters is 1. The summed E-state index contributed by atoms with van der Waals surface area (Å²) in [6.45, 7) is 4.44. The Balaban J connectivity index is 1.19. The Morgan fingerprint density at radius 3 is 2.47 bits per heavy atom. The van der Waals surface area contributed by atoms with E-state index in [1.165, 1.54) is 22.7 Å². The summed E-state index contributed by atoms with van der Waals surface area (Å²) < 4.78 is 13.0. The van der Waals surface area contributed by atoms with Crippen LogP contribution in [0.25, 0.3) is 0 Å². The monoisotopic (exact) mass is 500 g/mol. The molecule has 0 aliphatic carbocycles. The zero-order chi connectivity index (χ0) is 23.7. The van der Waals surface area contributed by atoms with Crippen molar-refractivity contribution in [3.8, 4) is 11.5 Å². The van der Waals surface area contributed by atoms with Crippen LogP contribution < -0.4 is 4.74 Å². The SMILES string of the molecule is O=C(OC12CC[N+](CCCOc3ccccc3O)(CC1)CC2)C(O)(c1ccsc1)c1cccs1. The van der Waals surface area contributed by atoms with Gasteiger partial charge in [-0.15, -0.1) is 11.3 Å². The number of phenolic OH excluding ortho intramolecular Hbond substituents is 1. The van der Waals surface area contributed by atoms with E-state index in [0.29, 0.717) is 22.8 Å². The lowest BCUT2D eigenvalue weighted by atomic mass is 9.80. The van der Waals surface area contributed by atoms with Gasteiger partial charge in [0.1, 0.15) is 5.60 Å². The van der Waals surface area contributed by atoms with Gasteiger partial charge in [0.2, 0.25) is 5.60 Å². The maximum absolute atomic E-state index is 13.5. The predicted molar refractivity (Wildman–Crippen MR) is 132 cm³/mol. The Morgan fingerprint density at radius 1 is 1.06 bits per heavy atom. The number of fused-ring (bicyclic) bond motifs is 3. The lowest BCUT2D eigenvalue weighted by molar-refractivity contribution is -0.944. The smallest absolute Gasteiger partial charge is 0.349 e. The van der Waals surface area contributed by atoms with Crippen LogP contribution in [-0.2, 0) is 15.1 Å². The fourth-order valence-electron chi connectivity index (χ4n) is 5.27. The number of aromatic hydroxyl groups is 1. The van der Waals surface area contributed by atoms with Crippen LogP contribution in [0.4, 0.5) is 0 Å². The third-order valence-corrected chi connectivity index (χ3v) is 9.11. The predicted octanol–water partition coefficient (Wildman–Crippen LogP) is 4.52. The summed E-state index contributed by atoms with van der Waals surface area (Å²) in [5.41, 5.74) is -1.68. The van der Waals surface area contributed by atoms with E-state index >= 15 is 0 Å². The molecule has 2 bridgehead atoms. The second-order valence-corrected chi connectivity index (χ2v) is 11.2. The average Bonchev–Trinajstić information content (AvgIpc) is 3.59. The summed E-state index contributed by atoms with van der Waals surface area (Å²) in [6, 6.07) is 12.5. The third kappa shape index (κ3) is 4.35. The minimum Gasteiger partial charge on any atom is -0.504 e. The normalized spacial score (nSPS) is 25.6. The molecule has 1 unspecified atom stereocenters. The number of ether oxygens (including phenoxy) is 2. The molecule has 1 atom stereocenters. The molecular formula is C26H30NO5S2+. The summed E-state index contributed by atoms with van der Waals surface area (Å²) >= 11 is 2.83. The van der Waals surface area contributed by atoms with E-state index in [0.717, 1.165) is 56.3 Å². The highest BCUT2D eigenvalue weighted by Crippen LogP contribution is 2.43. The van der Waals surface area contributed by atoms with E-state index in [2.05, 4.69) is 0 Å². The number of quaternary nitrogens is 1. The van der Waals surface area contributed by atoms with Crippen LogP contribution in [0.15, 0.2) is 58.6 Å². The highest BCUT2D eigenvalue weighted by Gasteiger charge is 2.54. The number of hydrogen-bond donors (Lipinski definition) is 2. The van der Waals surface area contributed by atoms with Gasteiger partial charge in [-0.1, -0.05) is 18.2 Å². The molecular weight excluding hydrogens is 470 g/mol. The number of carbonyl (C=O) groups excluding carboxylic acids is 1. The van der Waals surface area contributed by atoms with E-state index < -0.39 is 17.2 Å². The molecule has 180 valence electrons. The van der Waals surface area contributed by atoms with E-state index in [-0.39, 0.29) is 5.75 Å². The van der Waals surface area contributed by atoms with Crippen molar-refractivity contribution in [3.05, 3.63) is 69.0 Å². The second kappa shape index (κ2) is 9.34. The van der Waals surface area contributed by atoms with Gasteiger partial charge >= 0.3 is 5.97 Å². The number of phenols is 1. The molecule has 6 rings (SSSR count). The van der Waals surface area contributed by atoms with Crippen LogP contribution in [-0.4, -0.2) is 59.1 Å². The first-order chi connectivity index (χ1) is 16.4. The standard InChI is InChI=1S/C26H29NO5S2/c28-21-5-1-2-6-22(21)31-16-4-12-27-13-9-25(10-14-27,11-15-27)32-24(29)26(30,20-8-18-33-19-20)23-7-3-17-34-23/h1-3,5-8,17-19,30H,4,9-16H2/p+1. The third-order valence-electron chi connectivity index (χ3n) is 7.45. The molecule has 8 heteroatoms. The van der Waals surface area contributed by atoms with E-state index in [4.69, 9.17) is 9.47 Å². The van der Waals surface area contributed by atoms with Crippen molar-refractivity contribution in [2.24, 2.45) is 0 Å². The largest absolute Gasteiger partial charge is 0.504 e. The van der Waals surface area contributed by atoms with Crippen molar-refractivity contribution in [3.63, 3.8) is 0 Å². The lowest BCUT2D eigenvalue weighted by Crippen LogP contribution is -2.66. The summed E-state index contributed by atoms with van der Waals surface area (Å²) in [7, 11) is 0. The topological polar surface area (TPSA) is 76.0 Å². The fourth-order valence-corrected chi connectivity index (χ4v) is 6.80. The molecule has 3 aliphatic heterocycles. The quantitative estimate of drug-likeness (QED) is 0.257. The Bertz CT molecular complexity index is 1050. The minimum atomic E-state index is -1.76. The summed E-state index contributed by atoms with van der Waals surface area (Å²) in [6.07, 6.45) is 3.33. The molecule has 2 N–H and O–H groups in total. The second-order valence-electron chi connectivity index (χ2n) is 9.43. The highest BCUT2D eigenvalue weighted by atomic mass is 32.1. The molecule has 2 aromatic heterocycles. The lowest BCUT2D eigenvalue weighted by Gasteiger charge is -2.54. The van der Waals surface area contributed by atoms with Crippen LogP contribution >= 0.6 is 22.7 Å². The van der Waals surface area contributed by atoms with Crippen LogP contribution in [0.3, 0.4) is 0 Å². The number of hydrogen-bond acceptors (Lipinski definition) is 7. The number of para-hydroxylation sites is 2. The zero-order valence-corrected chi connectivity index (χ0v) is 20.7. The van der Waals surface area contributed by atoms with E-state index in [9.17, 15) is 15.0 Å². The number of piperidine rings is 3. The first-order valence-electron chi connectivity index (χ1n) is 11.7. The summed E-state index contributed by atoms with van der Waals surface area (Å²) in [5.74, 6) is 0.128. The van der Waals surface area contributed by atoms with Crippen molar-refractivity contribution >= 4 is 28.6 Å². The number of benzene rings is 1. The number of carbonyl (C=O) groups is 1. The minimum absolute atomic E-state index is 0.169. The van der Waals surface area contributed by atoms with Crippen LogP contribution in [0, 0.1) is 0 Å². The summed E-state index contributed by atoms with van der Waals surface area (Å²) in [5, 5.41) is 27.0. The van der Waals surface area contributed by atoms with Crippen molar-refractivity contribution in [1.29, 1.82) is 0 Å². The molecule has 3 fully saturated rings. The van der Waals surface area contributed by atoms with Gasteiger partial charge in [-0.3, -0.25) is 0 Å². The average molecular weight is 501 g/mol. The molecule has 3 aromatic rings. The first kappa shape index (κ1) is 23.4. The van der Waals surface area contributed by atoms with Gasteiger partial charge in [0.05, 0.1) is 37.7 Å². The van der Waals surface area contributed by atoms with Crippen molar-refractivity contribution in [1.82, 2.24) is 0 Å². The van der Waals surface area contributed by atoms with E-state index in [1.54, 1.807) is 30.3 Å². The van der Waals surface area contributed by atoms with Crippen LogP contribution in [0.2, 0.25) is 0 Å². The van der Waals surface area contributed by atoms with E-state index in [1.807, 2.05) is 28.3 Å². The molecule has 6 nitrogen and oxygen atoms in total. The Labute approximate surface area is 207 Å². The zero-order valence-electron chi connectivity index (χ0n) is 19.0. The van der Waals surface area contributed by atoms with Gasteiger partial charge in [-0.05, 0) is 40.4 Å². The van der Waals surface area contributed by atoms with Crippen molar-refractivity contribution < 1.29 is 29.0 Å². The van der Waals surface area contributed by atoms with Gasteiger partial charge in [0.15, 0.2) is 11.5 Å². The first-order valence-corrected chi connectivity index (χ1v) is 13.6. The molecule has 34 heavy (non-hydrogen) atoms. The molecule has 5 heterocycles. The van der Waals surface area contributed by atoms with Crippen molar-refractivity contribution in [2.75, 3.05) is 32.8 Å². The Morgan fingerprint density at radius 2 is 1.82 bits per heavy atom. The molecule has 0 amide bonds. The summed E-state index contributed by atoms with van der Waals surface area (Å²) in [4.78, 5) is 14.1. The molecule has 3 aliphatic rings. The number of thiophene rings is 2. The molecule has 0 radical (unpaired) electrons. The Hall–Kier alpha value is -2.39. The fraction of sp³-hybridized carbons (Fsp3) is 0.423. The Kier molecular flexibility index (Phi) is 6.41. The highest BCUT2D eigenvalue weighted by molar-refractivity contribution is 7.10. The van der Waals surface area contributed by atoms with Gasteiger partial charge in [-0.2, -0.15) is 11.3 Å². The number of aliphatic hydroxyl groups is 1. The van der Waals surface area contributed by atoms with Crippen LogP contribution in [0.1, 0.15) is 36.1 Å². The maximum Gasteiger partial charge on any atom is 0.349 e. The molecule has 3 saturated heterocycles. The molecule has 1 aromatic carbocycles. The van der Waals surface area contributed by atoms with Gasteiger partial charge in [-0.25, -0.2) is 4.79 Å². The number of rotatable bonds is 9. The van der Waals surface area contributed by atoms with Gasteiger partial charge < -0.3 is 24.2 Å². The van der Waals surface area contributed by atoms with Gasteiger partial charge in [0, 0.05) is 31.2 Å². The maximum atomic E-state index is 13.5. The van der Waals surface area contributed by atoms with Crippen LogP contribution in [0.5, 0.6) is 11.5 Å². The molecule has 0 spiro atoms. The number of nitrogens with zero attached hydrogens (tertiary/aromatic N) is 1.